The minimum Gasteiger partial charge on any atom is -0.455 e. The number of hydrogen-bond acceptors (Lipinski definition) is 2. The van der Waals surface area contributed by atoms with Crippen LogP contribution >= 0.6 is 0 Å². The van der Waals surface area contributed by atoms with E-state index in [0.29, 0.717) is 6.54 Å². The molecule has 3 N–H and O–H groups in total. The van der Waals surface area contributed by atoms with E-state index in [1.807, 2.05) is 47.8 Å². The van der Waals surface area contributed by atoms with Gasteiger partial charge < -0.3 is 14.8 Å². The van der Waals surface area contributed by atoms with Crippen LogP contribution in [0.15, 0.2) is 46.9 Å². The van der Waals surface area contributed by atoms with Crippen LogP contribution in [-0.2, 0) is 6.54 Å². The highest BCUT2D eigenvalue weighted by atomic mass is 16.3. The van der Waals surface area contributed by atoms with Gasteiger partial charge in [0.05, 0.1) is 6.10 Å². The average molecular weight is 232 g/mol. The minimum atomic E-state index is -0.279. The van der Waals surface area contributed by atoms with Gasteiger partial charge in [-0.3, -0.25) is 0 Å². The van der Waals surface area contributed by atoms with Crippen molar-refractivity contribution in [2.75, 3.05) is 6.54 Å². The lowest BCUT2D eigenvalue weighted by Gasteiger charge is -2.01. The third kappa shape index (κ3) is 3.44. The molecule has 17 heavy (non-hydrogen) atoms. The Morgan fingerprint density at radius 2 is 1.94 bits per heavy atom. The summed E-state index contributed by atoms with van der Waals surface area (Å²) in [5.41, 5.74) is 1.09. The lowest BCUT2D eigenvalue weighted by Crippen LogP contribution is -2.84. The summed E-state index contributed by atoms with van der Waals surface area (Å²) < 4.78 is 5.74. The van der Waals surface area contributed by atoms with E-state index in [1.54, 1.807) is 6.92 Å². The molecule has 0 bridgehead atoms. The van der Waals surface area contributed by atoms with Gasteiger partial charge in [-0.2, -0.15) is 0 Å². The predicted octanol–water partition coefficient (Wildman–Crippen LogP) is 1.39. The molecule has 1 aromatic heterocycles. The molecule has 90 valence electrons. The van der Waals surface area contributed by atoms with Crippen molar-refractivity contribution in [3.05, 3.63) is 48.2 Å². The molecule has 0 radical (unpaired) electrons. The second-order valence-electron chi connectivity index (χ2n) is 4.21. The number of benzene rings is 1. The first-order chi connectivity index (χ1) is 8.25. The molecule has 0 saturated heterocycles. The maximum atomic E-state index is 9.15. The summed E-state index contributed by atoms with van der Waals surface area (Å²) in [5.74, 6) is 1.83. The summed E-state index contributed by atoms with van der Waals surface area (Å²) in [6, 6.07) is 14.0. The Balaban J connectivity index is 1.97. The van der Waals surface area contributed by atoms with Crippen LogP contribution in [0, 0.1) is 0 Å². The molecule has 1 aromatic carbocycles. The van der Waals surface area contributed by atoms with Crippen molar-refractivity contribution in [1.82, 2.24) is 0 Å². The molecule has 0 aliphatic heterocycles. The van der Waals surface area contributed by atoms with E-state index < -0.39 is 0 Å². The first-order valence-corrected chi connectivity index (χ1v) is 5.89. The van der Waals surface area contributed by atoms with Gasteiger partial charge in [0.2, 0.25) is 0 Å². The van der Waals surface area contributed by atoms with Gasteiger partial charge in [-0.1, -0.05) is 30.3 Å². The van der Waals surface area contributed by atoms with Crippen molar-refractivity contribution in [2.45, 2.75) is 19.6 Å². The van der Waals surface area contributed by atoms with Crippen LogP contribution in [0.2, 0.25) is 0 Å². The largest absolute Gasteiger partial charge is 0.455 e. The molecule has 0 aliphatic carbocycles. The van der Waals surface area contributed by atoms with Crippen LogP contribution in [0.5, 0.6) is 0 Å². The van der Waals surface area contributed by atoms with Gasteiger partial charge in [0.25, 0.3) is 0 Å². The van der Waals surface area contributed by atoms with Crippen LogP contribution in [-0.4, -0.2) is 17.8 Å². The molecule has 1 atom stereocenters. The van der Waals surface area contributed by atoms with E-state index >= 15 is 0 Å². The normalized spacial score (nSPS) is 12.6. The minimum absolute atomic E-state index is 0.279. The quantitative estimate of drug-likeness (QED) is 0.818. The Kier molecular flexibility index (Phi) is 3.96. The number of nitrogens with two attached hydrogens (primary N) is 1. The van der Waals surface area contributed by atoms with Gasteiger partial charge in [0, 0.05) is 5.56 Å². The SMILES string of the molecule is C[C@H](O)C[NH2+]Cc1ccc(-c2ccccc2)o1. The maximum absolute atomic E-state index is 9.15. The van der Waals surface area contributed by atoms with Gasteiger partial charge in [-0.25, -0.2) is 0 Å². The first-order valence-electron chi connectivity index (χ1n) is 5.89. The molecule has 0 fully saturated rings. The average Bonchev–Trinajstić information content (AvgIpc) is 2.78. The fourth-order valence-electron chi connectivity index (χ4n) is 1.71. The van der Waals surface area contributed by atoms with Gasteiger partial charge in [-0.15, -0.1) is 0 Å². The zero-order chi connectivity index (χ0) is 12.1. The fourth-order valence-corrected chi connectivity index (χ4v) is 1.71. The molecule has 0 amide bonds. The number of hydrogen-bond donors (Lipinski definition) is 2. The number of furan rings is 1. The molecule has 1 heterocycles. The van der Waals surface area contributed by atoms with Crippen molar-refractivity contribution in [1.29, 1.82) is 0 Å². The topological polar surface area (TPSA) is 50.0 Å². The molecular weight excluding hydrogens is 214 g/mol. The van der Waals surface area contributed by atoms with Crippen molar-refractivity contribution in [2.24, 2.45) is 0 Å². The molecule has 0 aliphatic rings. The second-order valence-corrected chi connectivity index (χ2v) is 4.21. The lowest BCUT2D eigenvalue weighted by atomic mass is 10.2. The summed E-state index contributed by atoms with van der Waals surface area (Å²) >= 11 is 0. The Morgan fingerprint density at radius 3 is 2.65 bits per heavy atom. The first kappa shape index (κ1) is 11.9. The van der Waals surface area contributed by atoms with Crippen LogP contribution in [0.3, 0.4) is 0 Å². The monoisotopic (exact) mass is 232 g/mol. The van der Waals surface area contributed by atoms with E-state index in [9.17, 15) is 0 Å². The highest BCUT2D eigenvalue weighted by Gasteiger charge is 2.06. The Hall–Kier alpha value is -1.58. The Labute approximate surface area is 101 Å². The van der Waals surface area contributed by atoms with E-state index in [0.717, 1.165) is 23.6 Å². The highest BCUT2D eigenvalue weighted by Crippen LogP contribution is 2.21. The predicted molar refractivity (Wildman–Crippen MR) is 66.3 cm³/mol. The maximum Gasteiger partial charge on any atom is 0.158 e. The molecule has 0 spiro atoms. The smallest absolute Gasteiger partial charge is 0.158 e. The van der Waals surface area contributed by atoms with Crippen LogP contribution in [0.25, 0.3) is 11.3 Å². The van der Waals surface area contributed by atoms with Crippen LogP contribution in [0.4, 0.5) is 0 Å². The summed E-state index contributed by atoms with van der Waals surface area (Å²) in [7, 11) is 0. The summed E-state index contributed by atoms with van der Waals surface area (Å²) in [4.78, 5) is 0. The van der Waals surface area contributed by atoms with Crippen LogP contribution in [0.1, 0.15) is 12.7 Å². The van der Waals surface area contributed by atoms with E-state index in [1.165, 1.54) is 0 Å². The number of aliphatic hydroxyl groups excluding tert-OH is 1. The third-order valence-corrected chi connectivity index (χ3v) is 2.57. The zero-order valence-corrected chi connectivity index (χ0v) is 9.97. The van der Waals surface area contributed by atoms with Gasteiger partial charge in [0.15, 0.2) is 5.76 Å². The number of rotatable bonds is 5. The molecule has 0 unspecified atom stereocenters. The van der Waals surface area contributed by atoms with E-state index in [2.05, 4.69) is 0 Å². The number of quaternary nitrogens is 1. The molecule has 2 aromatic rings. The molecule has 0 saturated carbocycles. The molecular formula is C14H18NO2+. The Bertz CT molecular complexity index is 448. The van der Waals surface area contributed by atoms with Crippen molar-refractivity contribution in [3.8, 4) is 11.3 Å². The lowest BCUT2D eigenvalue weighted by molar-refractivity contribution is -0.677. The standard InChI is InChI=1S/C14H17NO2/c1-11(16)9-15-10-13-7-8-14(17-13)12-5-3-2-4-6-12/h2-8,11,15-16H,9-10H2,1H3/p+1/t11-/m0/s1. The molecule has 3 nitrogen and oxygen atoms in total. The number of aliphatic hydroxyl groups is 1. The van der Waals surface area contributed by atoms with Crippen molar-refractivity contribution >= 4 is 0 Å². The van der Waals surface area contributed by atoms with Crippen molar-refractivity contribution in [3.63, 3.8) is 0 Å². The summed E-state index contributed by atoms with van der Waals surface area (Å²) in [6.07, 6.45) is -0.279. The third-order valence-electron chi connectivity index (χ3n) is 2.57. The molecule has 3 heteroatoms. The fraction of sp³-hybridized carbons (Fsp3) is 0.286. The van der Waals surface area contributed by atoms with Gasteiger partial charge in [-0.05, 0) is 19.1 Å². The van der Waals surface area contributed by atoms with Crippen LogP contribution < -0.4 is 5.32 Å². The zero-order valence-electron chi connectivity index (χ0n) is 9.97. The highest BCUT2D eigenvalue weighted by molar-refractivity contribution is 5.57. The Morgan fingerprint density at radius 1 is 1.18 bits per heavy atom. The van der Waals surface area contributed by atoms with E-state index in [-0.39, 0.29) is 6.10 Å². The van der Waals surface area contributed by atoms with Gasteiger partial charge >= 0.3 is 0 Å². The summed E-state index contributed by atoms with van der Waals surface area (Å²) in [6.45, 7) is 3.24. The second kappa shape index (κ2) is 5.66. The molecule has 2 rings (SSSR count). The van der Waals surface area contributed by atoms with Crippen molar-refractivity contribution < 1.29 is 14.8 Å². The van der Waals surface area contributed by atoms with Gasteiger partial charge in [0.1, 0.15) is 18.8 Å². The van der Waals surface area contributed by atoms with E-state index in [4.69, 9.17) is 9.52 Å². The summed E-state index contributed by atoms with van der Waals surface area (Å²) in [5, 5.41) is 11.2.